The Morgan fingerprint density at radius 1 is 1.36 bits per heavy atom. The zero-order chi connectivity index (χ0) is 17.8. The fraction of sp³-hybridized carbons (Fsp3) is 0.706. The van der Waals surface area contributed by atoms with Gasteiger partial charge < -0.3 is 25.5 Å². The van der Waals surface area contributed by atoms with Crippen molar-refractivity contribution in [1.82, 2.24) is 20.2 Å². The van der Waals surface area contributed by atoms with Gasteiger partial charge in [-0.3, -0.25) is 4.79 Å². The van der Waals surface area contributed by atoms with Crippen molar-refractivity contribution in [3.05, 3.63) is 11.9 Å². The summed E-state index contributed by atoms with van der Waals surface area (Å²) in [4.78, 5) is 25.5. The second-order valence-corrected chi connectivity index (χ2v) is 6.96. The Morgan fingerprint density at radius 3 is 3.00 bits per heavy atom. The van der Waals surface area contributed by atoms with E-state index in [2.05, 4.69) is 20.6 Å². The quantitative estimate of drug-likeness (QED) is 0.715. The number of nitrogens with one attached hydrogen (secondary N) is 2. The van der Waals surface area contributed by atoms with Gasteiger partial charge in [0.05, 0.1) is 25.3 Å². The summed E-state index contributed by atoms with van der Waals surface area (Å²) >= 11 is 0. The molecule has 2 atom stereocenters. The minimum Gasteiger partial charge on any atom is -0.394 e. The van der Waals surface area contributed by atoms with Crippen LogP contribution in [0.2, 0.25) is 0 Å². The van der Waals surface area contributed by atoms with Crippen LogP contribution in [0.25, 0.3) is 0 Å². The van der Waals surface area contributed by atoms with Crippen molar-refractivity contribution in [2.75, 3.05) is 43.5 Å². The first-order chi connectivity index (χ1) is 12.1. The van der Waals surface area contributed by atoms with Crippen LogP contribution in [0.4, 0.5) is 11.6 Å². The molecule has 2 aliphatic heterocycles. The van der Waals surface area contributed by atoms with Crippen molar-refractivity contribution >= 4 is 17.5 Å². The molecule has 0 radical (unpaired) electrons. The van der Waals surface area contributed by atoms with Crippen molar-refractivity contribution in [1.29, 1.82) is 0 Å². The number of anilines is 2. The number of nitrogens with zero attached hydrogens (tertiary/aromatic N) is 4. The molecule has 3 rings (SSSR count). The molecule has 138 valence electrons. The van der Waals surface area contributed by atoms with Gasteiger partial charge in [0.1, 0.15) is 18.0 Å². The number of fused-ring (bicyclic) bond motifs is 1. The van der Waals surface area contributed by atoms with Crippen LogP contribution in [-0.2, 0) is 11.3 Å². The fourth-order valence-corrected chi connectivity index (χ4v) is 3.55. The van der Waals surface area contributed by atoms with Crippen LogP contribution in [0, 0.1) is 0 Å². The lowest BCUT2D eigenvalue weighted by Crippen LogP contribution is -2.43. The molecule has 0 saturated carbocycles. The maximum Gasteiger partial charge on any atom is 0.242 e. The van der Waals surface area contributed by atoms with Gasteiger partial charge >= 0.3 is 0 Å². The molecule has 0 bridgehead atoms. The lowest BCUT2D eigenvalue weighted by Gasteiger charge is -2.30. The van der Waals surface area contributed by atoms with E-state index in [0.717, 1.165) is 43.7 Å². The summed E-state index contributed by atoms with van der Waals surface area (Å²) in [6.07, 6.45) is 4.57. The van der Waals surface area contributed by atoms with Crippen LogP contribution in [-0.4, -0.2) is 71.3 Å². The molecular weight excluding hydrogens is 320 g/mol. The second kappa shape index (κ2) is 7.97. The molecule has 1 aromatic heterocycles. The van der Waals surface area contributed by atoms with Crippen LogP contribution in [0.1, 0.15) is 31.7 Å². The van der Waals surface area contributed by atoms with Crippen LogP contribution in [0.5, 0.6) is 0 Å². The molecular formula is C17H28N6O2. The average molecular weight is 348 g/mol. The van der Waals surface area contributed by atoms with E-state index in [1.165, 1.54) is 6.33 Å². The molecule has 8 heteroatoms. The number of amides is 1. The number of aliphatic hydroxyl groups excluding tert-OH is 1. The van der Waals surface area contributed by atoms with Gasteiger partial charge in [0.15, 0.2) is 0 Å². The third-order valence-electron chi connectivity index (χ3n) is 4.95. The van der Waals surface area contributed by atoms with Crippen molar-refractivity contribution in [3.8, 4) is 0 Å². The Labute approximate surface area is 148 Å². The molecule has 3 N–H and O–H groups in total. The first-order valence-corrected chi connectivity index (χ1v) is 9.02. The van der Waals surface area contributed by atoms with Gasteiger partial charge in [0.2, 0.25) is 5.91 Å². The van der Waals surface area contributed by atoms with Gasteiger partial charge in [-0.25, -0.2) is 9.97 Å². The first kappa shape index (κ1) is 17.9. The third kappa shape index (κ3) is 4.01. The van der Waals surface area contributed by atoms with Crippen LogP contribution in [0.15, 0.2) is 6.33 Å². The summed E-state index contributed by atoms with van der Waals surface area (Å²) in [5.41, 5.74) is 0.924. The summed E-state index contributed by atoms with van der Waals surface area (Å²) in [6, 6.07) is 0.129. The highest BCUT2D eigenvalue weighted by molar-refractivity contribution is 5.84. The maximum absolute atomic E-state index is 12.8. The van der Waals surface area contributed by atoms with E-state index in [9.17, 15) is 9.90 Å². The Morgan fingerprint density at radius 2 is 2.20 bits per heavy atom. The molecule has 2 aliphatic rings. The van der Waals surface area contributed by atoms with Gasteiger partial charge in [0, 0.05) is 19.1 Å². The summed E-state index contributed by atoms with van der Waals surface area (Å²) in [5.74, 6) is 1.61. The molecule has 25 heavy (non-hydrogen) atoms. The normalized spacial score (nSPS) is 22.8. The molecule has 2 unspecified atom stereocenters. The number of carbonyl (C=O) groups is 1. The molecule has 0 aromatic carbocycles. The molecule has 0 spiro atoms. The Hall–Kier alpha value is -1.93. The van der Waals surface area contributed by atoms with Crippen molar-refractivity contribution in [3.63, 3.8) is 0 Å². The van der Waals surface area contributed by atoms with E-state index < -0.39 is 0 Å². The van der Waals surface area contributed by atoms with Crippen molar-refractivity contribution in [2.45, 2.75) is 44.8 Å². The number of hydrogen-bond acceptors (Lipinski definition) is 7. The number of likely N-dealkylation sites (N-methyl/N-ethyl adjacent to an activating group) is 1. The molecule has 3 heterocycles. The first-order valence-electron chi connectivity index (χ1n) is 9.02. The third-order valence-corrected chi connectivity index (χ3v) is 4.95. The van der Waals surface area contributed by atoms with Gasteiger partial charge in [-0.2, -0.15) is 0 Å². The SMILES string of the molecule is CC(CO)Nc1ncnc2c1CN(C1CCCNCC1)C(=O)CN2C. The maximum atomic E-state index is 12.8. The van der Waals surface area contributed by atoms with Gasteiger partial charge in [-0.1, -0.05) is 0 Å². The van der Waals surface area contributed by atoms with Crippen LogP contribution in [0.3, 0.4) is 0 Å². The number of carbonyl (C=O) groups excluding carboxylic acids is 1. The van der Waals surface area contributed by atoms with Crippen LogP contribution < -0.4 is 15.5 Å². The molecule has 1 amide bonds. The highest BCUT2D eigenvalue weighted by Crippen LogP contribution is 2.30. The van der Waals surface area contributed by atoms with Crippen LogP contribution >= 0.6 is 0 Å². The van der Waals surface area contributed by atoms with E-state index in [4.69, 9.17) is 0 Å². The monoisotopic (exact) mass is 348 g/mol. The lowest BCUT2D eigenvalue weighted by molar-refractivity contribution is -0.132. The molecule has 0 aliphatic carbocycles. The topological polar surface area (TPSA) is 93.6 Å². The van der Waals surface area contributed by atoms with Crippen molar-refractivity contribution < 1.29 is 9.90 Å². The predicted molar refractivity (Wildman–Crippen MR) is 96.5 cm³/mol. The Kier molecular flexibility index (Phi) is 5.70. The highest BCUT2D eigenvalue weighted by atomic mass is 16.3. The van der Waals surface area contributed by atoms with E-state index in [1.54, 1.807) is 0 Å². The molecule has 1 aromatic rings. The summed E-state index contributed by atoms with van der Waals surface area (Å²) in [6.45, 7) is 4.70. The van der Waals surface area contributed by atoms with Crippen molar-refractivity contribution in [2.24, 2.45) is 0 Å². The zero-order valence-electron chi connectivity index (χ0n) is 15.0. The van der Waals surface area contributed by atoms with Gasteiger partial charge in [-0.05, 0) is 39.3 Å². The number of aliphatic hydroxyl groups is 1. The van der Waals surface area contributed by atoms with Gasteiger partial charge in [-0.15, -0.1) is 0 Å². The molecule has 8 nitrogen and oxygen atoms in total. The Balaban J connectivity index is 1.92. The molecule has 1 fully saturated rings. The zero-order valence-corrected chi connectivity index (χ0v) is 15.0. The predicted octanol–water partition coefficient (Wildman–Crippen LogP) is 0.190. The lowest BCUT2D eigenvalue weighted by atomic mass is 10.1. The van der Waals surface area contributed by atoms with E-state index in [1.807, 2.05) is 23.8 Å². The smallest absolute Gasteiger partial charge is 0.242 e. The summed E-state index contributed by atoms with van der Waals surface area (Å²) < 4.78 is 0. The standard InChI is InChI=1S/C17H28N6O2/c1-12(10-24)21-16-14-8-23(13-4-3-6-18-7-5-13)15(25)9-22(2)17(14)20-11-19-16/h11-13,18,24H,3-10H2,1-2H3,(H,19,20,21). The summed E-state index contributed by atoms with van der Waals surface area (Å²) in [7, 11) is 1.89. The number of rotatable bonds is 4. The van der Waals surface area contributed by atoms with E-state index in [-0.39, 0.29) is 24.6 Å². The van der Waals surface area contributed by atoms with Gasteiger partial charge in [0.25, 0.3) is 0 Å². The minimum atomic E-state index is -0.112. The fourth-order valence-electron chi connectivity index (χ4n) is 3.55. The Bertz CT molecular complexity index is 603. The number of hydrogen-bond donors (Lipinski definition) is 3. The second-order valence-electron chi connectivity index (χ2n) is 6.96. The highest BCUT2D eigenvalue weighted by Gasteiger charge is 2.31. The minimum absolute atomic E-state index is 0.0194. The van der Waals surface area contributed by atoms with E-state index in [0.29, 0.717) is 18.9 Å². The number of aromatic nitrogens is 2. The largest absolute Gasteiger partial charge is 0.394 e. The van der Waals surface area contributed by atoms with E-state index >= 15 is 0 Å². The average Bonchev–Trinajstić information content (AvgIpc) is 2.94. The molecule has 1 saturated heterocycles. The summed E-state index contributed by atoms with van der Waals surface area (Å²) in [5, 5.41) is 16.0.